The highest BCUT2D eigenvalue weighted by Gasteiger charge is 2.21. The zero-order valence-electron chi connectivity index (χ0n) is 11.6. The Morgan fingerprint density at radius 1 is 1.14 bits per heavy atom. The van der Waals surface area contributed by atoms with Crippen LogP contribution in [0.15, 0.2) is 42.5 Å². The standard InChI is InChI=1S/C16H16ClFO3/c1-20-9-10-21-14-8-3-2-5-11(14)16(19)15-12(17)6-4-7-13(15)18/h2-8,16,19H,9-10H2,1H3. The molecule has 0 amide bonds. The number of aliphatic hydroxyl groups excluding tert-OH is 1. The first-order chi connectivity index (χ1) is 10.1. The second kappa shape index (κ2) is 7.41. The van der Waals surface area contributed by atoms with E-state index < -0.39 is 11.9 Å². The van der Waals surface area contributed by atoms with Crippen molar-refractivity contribution in [3.63, 3.8) is 0 Å². The fraction of sp³-hybridized carbons (Fsp3) is 0.250. The molecule has 0 saturated heterocycles. The highest BCUT2D eigenvalue weighted by Crippen LogP contribution is 2.34. The molecule has 5 heteroatoms. The van der Waals surface area contributed by atoms with Crippen molar-refractivity contribution in [2.45, 2.75) is 6.10 Å². The Bertz CT molecular complexity index is 584. The molecule has 0 bridgehead atoms. The molecule has 0 aliphatic rings. The summed E-state index contributed by atoms with van der Waals surface area (Å²) < 4.78 is 24.4. The molecular formula is C16H16ClFO3. The van der Waals surface area contributed by atoms with Crippen molar-refractivity contribution in [3.8, 4) is 5.75 Å². The lowest BCUT2D eigenvalue weighted by molar-refractivity contribution is 0.142. The lowest BCUT2D eigenvalue weighted by atomic mass is 10.00. The Labute approximate surface area is 127 Å². The molecule has 0 aromatic heterocycles. The first-order valence-corrected chi connectivity index (χ1v) is 6.85. The van der Waals surface area contributed by atoms with E-state index in [0.717, 1.165) is 0 Å². The van der Waals surface area contributed by atoms with Gasteiger partial charge in [-0.1, -0.05) is 35.9 Å². The van der Waals surface area contributed by atoms with E-state index in [-0.39, 0.29) is 10.6 Å². The highest BCUT2D eigenvalue weighted by molar-refractivity contribution is 6.31. The predicted octanol–water partition coefficient (Wildman–Crippen LogP) is 3.59. The van der Waals surface area contributed by atoms with Gasteiger partial charge in [0.05, 0.1) is 6.61 Å². The van der Waals surface area contributed by atoms with E-state index >= 15 is 0 Å². The summed E-state index contributed by atoms with van der Waals surface area (Å²) in [5.41, 5.74) is 0.502. The molecule has 3 nitrogen and oxygen atoms in total. The monoisotopic (exact) mass is 310 g/mol. The van der Waals surface area contributed by atoms with E-state index in [1.807, 2.05) is 0 Å². The maximum atomic E-state index is 13.9. The number of halogens is 2. The average Bonchev–Trinajstić information content (AvgIpc) is 2.47. The number of ether oxygens (including phenoxy) is 2. The third-order valence-corrected chi connectivity index (χ3v) is 3.36. The van der Waals surface area contributed by atoms with Crippen LogP contribution in [0.5, 0.6) is 5.75 Å². The van der Waals surface area contributed by atoms with E-state index in [9.17, 15) is 9.50 Å². The summed E-state index contributed by atoms with van der Waals surface area (Å²) in [6, 6.07) is 11.2. The van der Waals surface area contributed by atoms with Crippen molar-refractivity contribution >= 4 is 11.6 Å². The molecule has 2 rings (SSSR count). The molecule has 1 unspecified atom stereocenters. The highest BCUT2D eigenvalue weighted by atomic mass is 35.5. The van der Waals surface area contributed by atoms with Crippen LogP contribution >= 0.6 is 11.6 Å². The van der Waals surface area contributed by atoms with Crippen molar-refractivity contribution in [1.29, 1.82) is 0 Å². The van der Waals surface area contributed by atoms with Gasteiger partial charge in [-0.2, -0.15) is 0 Å². The summed E-state index contributed by atoms with van der Waals surface area (Å²) in [5, 5.41) is 10.6. The van der Waals surface area contributed by atoms with Gasteiger partial charge >= 0.3 is 0 Å². The second-order valence-corrected chi connectivity index (χ2v) is 4.82. The minimum atomic E-state index is -1.20. The number of hydrogen-bond acceptors (Lipinski definition) is 3. The van der Waals surface area contributed by atoms with Crippen molar-refractivity contribution in [2.75, 3.05) is 20.3 Å². The average molecular weight is 311 g/mol. The SMILES string of the molecule is COCCOc1ccccc1C(O)c1c(F)cccc1Cl. The summed E-state index contributed by atoms with van der Waals surface area (Å²) in [4.78, 5) is 0. The van der Waals surface area contributed by atoms with Crippen molar-refractivity contribution in [1.82, 2.24) is 0 Å². The number of rotatable bonds is 6. The topological polar surface area (TPSA) is 38.7 Å². The molecule has 0 spiro atoms. The molecule has 0 aliphatic carbocycles. The Balaban J connectivity index is 2.32. The Morgan fingerprint density at radius 2 is 1.90 bits per heavy atom. The van der Waals surface area contributed by atoms with Crippen LogP contribution in [0.4, 0.5) is 4.39 Å². The zero-order chi connectivity index (χ0) is 15.2. The summed E-state index contributed by atoms with van der Waals surface area (Å²) in [5.74, 6) is -0.0805. The Hall–Kier alpha value is -1.62. The first kappa shape index (κ1) is 15.8. The normalized spacial score (nSPS) is 12.2. The number of hydrogen-bond donors (Lipinski definition) is 1. The van der Waals surface area contributed by atoms with Crippen LogP contribution in [0.2, 0.25) is 5.02 Å². The molecule has 2 aromatic rings. The molecule has 0 fully saturated rings. The third kappa shape index (κ3) is 3.73. The van der Waals surface area contributed by atoms with Gasteiger partial charge in [0.25, 0.3) is 0 Å². The largest absolute Gasteiger partial charge is 0.491 e. The smallest absolute Gasteiger partial charge is 0.130 e. The van der Waals surface area contributed by atoms with Crippen LogP contribution in [-0.2, 0) is 4.74 Å². The van der Waals surface area contributed by atoms with Crippen LogP contribution in [0.3, 0.4) is 0 Å². The summed E-state index contributed by atoms with van der Waals surface area (Å²) >= 11 is 5.99. The maximum absolute atomic E-state index is 13.9. The van der Waals surface area contributed by atoms with Gasteiger partial charge in [0.1, 0.15) is 24.3 Å². The van der Waals surface area contributed by atoms with Gasteiger partial charge in [0.2, 0.25) is 0 Å². The third-order valence-electron chi connectivity index (χ3n) is 3.03. The van der Waals surface area contributed by atoms with Gasteiger partial charge in [-0.15, -0.1) is 0 Å². The van der Waals surface area contributed by atoms with Gasteiger partial charge in [0.15, 0.2) is 0 Å². The van der Waals surface area contributed by atoms with Gasteiger partial charge in [-0.3, -0.25) is 0 Å². The summed E-state index contributed by atoms with van der Waals surface area (Å²) in [6.45, 7) is 0.760. The molecular weight excluding hydrogens is 295 g/mol. The Morgan fingerprint density at radius 3 is 2.62 bits per heavy atom. The summed E-state index contributed by atoms with van der Waals surface area (Å²) in [6.07, 6.45) is -1.20. The molecule has 0 saturated carbocycles. The predicted molar refractivity (Wildman–Crippen MR) is 79.3 cm³/mol. The van der Waals surface area contributed by atoms with E-state index in [2.05, 4.69) is 0 Å². The van der Waals surface area contributed by atoms with Gasteiger partial charge in [-0.05, 0) is 18.2 Å². The van der Waals surface area contributed by atoms with Crippen LogP contribution < -0.4 is 4.74 Å². The fourth-order valence-corrected chi connectivity index (χ4v) is 2.27. The van der Waals surface area contributed by atoms with E-state index in [1.54, 1.807) is 31.4 Å². The van der Waals surface area contributed by atoms with Crippen molar-refractivity contribution in [2.24, 2.45) is 0 Å². The molecule has 0 heterocycles. The lowest BCUT2D eigenvalue weighted by Gasteiger charge is -2.18. The minimum absolute atomic E-state index is 0.0435. The lowest BCUT2D eigenvalue weighted by Crippen LogP contribution is -2.09. The number of benzene rings is 2. The van der Waals surface area contributed by atoms with E-state index in [4.69, 9.17) is 21.1 Å². The number of methoxy groups -OCH3 is 1. The van der Waals surface area contributed by atoms with Crippen LogP contribution in [-0.4, -0.2) is 25.4 Å². The summed E-state index contributed by atoms with van der Waals surface area (Å²) in [7, 11) is 1.57. The minimum Gasteiger partial charge on any atom is -0.491 e. The van der Waals surface area contributed by atoms with Crippen molar-refractivity contribution in [3.05, 3.63) is 64.4 Å². The quantitative estimate of drug-likeness (QED) is 0.829. The number of para-hydroxylation sites is 1. The van der Waals surface area contributed by atoms with E-state index in [1.165, 1.54) is 18.2 Å². The maximum Gasteiger partial charge on any atom is 0.130 e. The molecule has 1 N–H and O–H groups in total. The molecule has 1 atom stereocenters. The van der Waals surface area contributed by atoms with Gasteiger partial charge in [-0.25, -0.2) is 4.39 Å². The van der Waals surface area contributed by atoms with Crippen LogP contribution in [0, 0.1) is 5.82 Å². The fourth-order valence-electron chi connectivity index (χ4n) is 2.00. The zero-order valence-corrected chi connectivity index (χ0v) is 12.3. The van der Waals surface area contributed by atoms with Crippen LogP contribution in [0.25, 0.3) is 0 Å². The molecule has 0 radical (unpaired) electrons. The Kier molecular flexibility index (Phi) is 5.56. The van der Waals surface area contributed by atoms with Crippen LogP contribution in [0.1, 0.15) is 17.2 Å². The van der Waals surface area contributed by atoms with E-state index in [0.29, 0.717) is 24.5 Å². The van der Waals surface area contributed by atoms with Gasteiger partial charge in [0, 0.05) is 23.3 Å². The molecule has 21 heavy (non-hydrogen) atoms. The molecule has 2 aromatic carbocycles. The van der Waals surface area contributed by atoms with Gasteiger partial charge < -0.3 is 14.6 Å². The van der Waals surface area contributed by atoms with Crippen molar-refractivity contribution < 1.29 is 19.0 Å². The number of aliphatic hydroxyl groups is 1. The molecule has 0 aliphatic heterocycles. The second-order valence-electron chi connectivity index (χ2n) is 4.42. The molecule has 112 valence electrons. The first-order valence-electron chi connectivity index (χ1n) is 6.47.